The Morgan fingerprint density at radius 3 is 2.32 bits per heavy atom. The summed E-state index contributed by atoms with van der Waals surface area (Å²) < 4.78 is 25.9. The number of hydrogen-bond acceptors (Lipinski definition) is 4. The summed E-state index contributed by atoms with van der Waals surface area (Å²) in [4.78, 5) is 12.7. The first-order chi connectivity index (χ1) is 13.3. The molecule has 5 nitrogen and oxygen atoms in total. The number of sulfonamides is 1. The molecule has 0 spiro atoms. The van der Waals surface area contributed by atoms with E-state index in [2.05, 4.69) is 36.5 Å². The van der Waals surface area contributed by atoms with Crippen LogP contribution in [0.4, 0.5) is 5.69 Å². The normalized spacial score (nSPS) is 12.4. The molecule has 0 saturated heterocycles. The summed E-state index contributed by atoms with van der Waals surface area (Å²) >= 11 is 1.74. The molecule has 0 aliphatic heterocycles. The summed E-state index contributed by atoms with van der Waals surface area (Å²) in [5.41, 5.74) is 2.99. The summed E-state index contributed by atoms with van der Waals surface area (Å²) in [6, 6.07) is 16.4. The van der Waals surface area contributed by atoms with Gasteiger partial charge in [-0.05, 0) is 31.0 Å². The van der Waals surface area contributed by atoms with Crippen LogP contribution in [0.25, 0.3) is 0 Å². The Morgan fingerprint density at radius 2 is 1.75 bits per heavy atom. The monoisotopic (exact) mass is 420 g/mol. The molecule has 0 saturated carbocycles. The van der Waals surface area contributed by atoms with Crippen LogP contribution in [0.1, 0.15) is 24.5 Å². The van der Waals surface area contributed by atoms with E-state index in [4.69, 9.17) is 0 Å². The van der Waals surface area contributed by atoms with Gasteiger partial charge in [-0.1, -0.05) is 55.0 Å². The van der Waals surface area contributed by atoms with Gasteiger partial charge in [-0.15, -0.1) is 0 Å². The van der Waals surface area contributed by atoms with E-state index in [0.29, 0.717) is 18.7 Å². The topological polar surface area (TPSA) is 66.5 Å². The van der Waals surface area contributed by atoms with Crippen LogP contribution in [0.3, 0.4) is 0 Å². The molecule has 152 valence electrons. The number of thioether (sulfide) groups is 1. The van der Waals surface area contributed by atoms with Gasteiger partial charge in [-0.3, -0.25) is 9.10 Å². The Hall–Kier alpha value is -1.99. The third-order valence-corrected chi connectivity index (χ3v) is 6.49. The largest absolute Gasteiger partial charge is 0.353 e. The van der Waals surface area contributed by atoms with Crippen LogP contribution in [0.2, 0.25) is 0 Å². The maximum absolute atomic E-state index is 12.7. The van der Waals surface area contributed by atoms with E-state index < -0.39 is 16.1 Å². The number of carbonyl (C=O) groups is 1. The molecule has 0 fully saturated rings. The molecule has 0 radical (unpaired) electrons. The van der Waals surface area contributed by atoms with Crippen molar-refractivity contribution in [3.8, 4) is 0 Å². The van der Waals surface area contributed by atoms with E-state index in [1.165, 1.54) is 15.4 Å². The number of para-hydroxylation sites is 1. The smallest absolute Gasteiger partial charge is 0.243 e. The third-order valence-electron chi connectivity index (χ3n) is 4.28. The maximum atomic E-state index is 12.7. The lowest BCUT2D eigenvalue weighted by Crippen LogP contribution is -2.49. The second-order valence-electron chi connectivity index (χ2n) is 6.65. The molecule has 1 atom stereocenters. The standard InChI is InChI=1S/C21H28N2O3S2/c1-4-20(23(28(3,25)26)19-8-6-5-7-9-19)21(24)22-14-15-27-16-18-12-10-17(2)11-13-18/h5-13,20H,4,14-16H2,1-3H3,(H,22,24)/t20-/m0/s1. The Bertz CT molecular complexity index is 853. The van der Waals surface area contributed by atoms with E-state index in [-0.39, 0.29) is 5.91 Å². The Kier molecular flexibility index (Phi) is 8.38. The molecule has 1 N–H and O–H groups in total. The number of aryl methyl sites for hydroxylation is 1. The molecule has 28 heavy (non-hydrogen) atoms. The van der Waals surface area contributed by atoms with Gasteiger partial charge in [0, 0.05) is 18.1 Å². The van der Waals surface area contributed by atoms with Gasteiger partial charge in [0.25, 0.3) is 0 Å². The van der Waals surface area contributed by atoms with Crippen molar-refractivity contribution in [2.24, 2.45) is 0 Å². The second-order valence-corrected chi connectivity index (χ2v) is 9.61. The minimum absolute atomic E-state index is 0.271. The molecule has 0 bridgehead atoms. The zero-order valence-electron chi connectivity index (χ0n) is 16.6. The minimum Gasteiger partial charge on any atom is -0.353 e. The molecule has 7 heteroatoms. The average molecular weight is 421 g/mol. The highest BCUT2D eigenvalue weighted by Gasteiger charge is 2.31. The fourth-order valence-corrected chi connectivity index (χ4v) is 4.90. The Labute approximate surface area is 172 Å². The molecule has 2 rings (SSSR count). The lowest BCUT2D eigenvalue weighted by atomic mass is 10.2. The van der Waals surface area contributed by atoms with Gasteiger partial charge >= 0.3 is 0 Å². The van der Waals surface area contributed by atoms with Crippen LogP contribution in [0.15, 0.2) is 54.6 Å². The van der Waals surface area contributed by atoms with Gasteiger partial charge in [0.15, 0.2) is 0 Å². The zero-order chi connectivity index (χ0) is 20.6. The van der Waals surface area contributed by atoms with Gasteiger partial charge in [-0.2, -0.15) is 11.8 Å². The molecular formula is C21H28N2O3S2. The molecule has 1 amide bonds. The van der Waals surface area contributed by atoms with Gasteiger partial charge in [0.2, 0.25) is 15.9 Å². The molecule has 0 aliphatic rings. The van der Waals surface area contributed by atoms with Crippen molar-refractivity contribution in [2.75, 3.05) is 22.9 Å². The van der Waals surface area contributed by atoms with Crippen LogP contribution < -0.4 is 9.62 Å². The third kappa shape index (κ3) is 6.56. The predicted molar refractivity (Wildman–Crippen MR) is 118 cm³/mol. The fourth-order valence-electron chi connectivity index (χ4n) is 2.87. The molecule has 0 unspecified atom stereocenters. The molecule has 0 aromatic heterocycles. The average Bonchev–Trinajstić information content (AvgIpc) is 2.66. The van der Waals surface area contributed by atoms with Crippen LogP contribution in [0.5, 0.6) is 0 Å². The highest BCUT2D eigenvalue weighted by Crippen LogP contribution is 2.22. The van der Waals surface area contributed by atoms with Gasteiger partial charge < -0.3 is 5.32 Å². The first-order valence-electron chi connectivity index (χ1n) is 9.28. The molecule has 2 aromatic carbocycles. The van der Waals surface area contributed by atoms with E-state index in [9.17, 15) is 13.2 Å². The summed E-state index contributed by atoms with van der Waals surface area (Å²) in [6.07, 6.45) is 1.53. The van der Waals surface area contributed by atoms with Crippen molar-refractivity contribution in [1.82, 2.24) is 5.32 Å². The fraction of sp³-hybridized carbons (Fsp3) is 0.381. The molecule has 0 aliphatic carbocycles. The van der Waals surface area contributed by atoms with E-state index in [0.717, 1.165) is 17.8 Å². The maximum Gasteiger partial charge on any atom is 0.243 e. The molecule has 2 aromatic rings. The van der Waals surface area contributed by atoms with Gasteiger partial charge in [0.1, 0.15) is 6.04 Å². The zero-order valence-corrected chi connectivity index (χ0v) is 18.2. The number of nitrogens with zero attached hydrogens (tertiary/aromatic N) is 1. The number of amides is 1. The van der Waals surface area contributed by atoms with Crippen LogP contribution >= 0.6 is 11.8 Å². The van der Waals surface area contributed by atoms with Gasteiger partial charge in [0.05, 0.1) is 11.9 Å². The summed E-state index contributed by atoms with van der Waals surface area (Å²) in [5, 5.41) is 2.89. The SMILES string of the molecule is CC[C@@H](C(=O)NCCSCc1ccc(C)cc1)N(c1ccccc1)S(C)(=O)=O. The lowest BCUT2D eigenvalue weighted by Gasteiger charge is -2.30. The minimum atomic E-state index is -3.58. The highest BCUT2D eigenvalue weighted by atomic mass is 32.2. The summed E-state index contributed by atoms with van der Waals surface area (Å²) in [7, 11) is -3.58. The van der Waals surface area contributed by atoms with Crippen LogP contribution in [0, 0.1) is 6.92 Å². The summed E-state index contributed by atoms with van der Waals surface area (Å²) in [6.45, 7) is 4.38. The van der Waals surface area contributed by atoms with Crippen molar-refractivity contribution >= 4 is 33.4 Å². The number of rotatable bonds is 10. The Balaban J connectivity index is 1.91. The van der Waals surface area contributed by atoms with E-state index in [1.807, 2.05) is 13.0 Å². The number of benzene rings is 2. The number of carbonyl (C=O) groups excluding carboxylic acids is 1. The van der Waals surface area contributed by atoms with E-state index in [1.54, 1.807) is 36.0 Å². The van der Waals surface area contributed by atoms with Crippen molar-refractivity contribution < 1.29 is 13.2 Å². The van der Waals surface area contributed by atoms with Crippen LogP contribution in [-0.2, 0) is 20.6 Å². The second kappa shape index (κ2) is 10.5. The Morgan fingerprint density at radius 1 is 1.11 bits per heavy atom. The van der Waals surface area contributed by atoms with Gasteiger partial charge in [-0.25, -0.2) is 8.42 Å². The van der Waals surface area contributed by atoms with E-state index >= 15 is 0 Å². The molecule has 0 heterocycles. The van der Waals surface area contributed by atoms with Crippen molar-refractivity contribution in [3.63, 3.8) is 0 Å². The van der Waals surface area contributed by atoms with Crippen molar-refractivity contribution in [3.05, 3.63) is 65.7 Å². The lowest BCUT2D eigenvalue weighted by molar-refractivity contribution is -0.122. The van der Waals surface area contributed by atoms with Crippen LogP contribution in [-0.4, -0.2) is 38.9 Å². The predicted octanol–water partition coefficient (Wildman–Crippen LogP) is 3.59. The van der Waals surface area contributed by atoms with Crippen molar-refractivity contribution in [2.45, 2.75) is 32.1 Å². The first-order valence-corrected chi connectivity index (χ1v) is 12.3. The molecular weight excluding hydrogens is 392 g/mol. The number of hydrogen-bond donors (Lipinski definition) is 1. The highest BCUT2D eigenvalue weighted by molar-refractivity contribution is 7.98. The summed E-state index contributed by atoms with van der Waals surface area (Å²) in [5.74, 6) is 1.38. The number of nitrogens with one attached hydrogen (secondary N) is 1. The quantitative estimate of drug-likeness (QED) is 0.597. The first kappa shape index (κ1) is 22.3. The van der Waals surface area contributed by atoms with Crippen molar-refractivity contribution in [1.29, 1.82) is 0 Å². The number of anilines is 1.